The SMILES string of the molecule is CCCC(=O)OC[C@H]1CC(Br)=NO1. The van der Waals surface area contributed by atoms with Gasteiger partial charge in [0.25, 0.3) is 0 Å². The molecule has 0 amide bonds. The van der Waals surface area contributed by atoms with Gasteiger partial charge >= 0.3 is 5.97 Å². The van der Waals surface area contributed by atoms with Crippen LogP contribution in [0, 0.1) is 0 Å². The Bertz CT molecular complexity index is 217. The van der Waals surface area contributed by atoms with Crippen LogP contribution < -0.4 is 0 Å². The fourth-order valence-corrected chi connectivity index (χ4v) is 1.39. The highest BCUT2D eigenvalue weighted by molar-refractivity contribution is 9.18. The van der Waals surface area contributed by atoms with Crippen LogP contribution in [0.5, 0.6) is 0 Å². The van der Waals surface area contributed by atoms with Crippen LogP contribution in [0.1, 0.15) is 26.2 Å². The van der Waals surface area contributed by atoms with Gasteiger partial charge < -0.3 is 9.57 Å². The largest absolute Gasteiger partial charge is 0.462 e. The lowest BCUT2D eigenvalue weighted by atomic mass is 10.3. The van der Waals surface area contributed by atoms with Gasteiger partial charge in [0.2, 0.25) is 0 Å². The molecule has 74 valence electrons. The zero-order valence-corrected chi connectivity index (χ0v) is 9.04. The molecule has 1 atom stereocenters. The molecule has 0 aromatic carbocycles. The average molecular weight is 250 g/mol. The number of ether oxygens (including phenoxy) is 1. The maximum Gasteiger partial charge on any atom is 0.305 e. The number of carbonyl (C=O) groups excluding carboxylic acids is 1. The highest BCUT2D eigenvalue weighted by atomic mass is 79.9. The standard InChI is InChI=1S/C8H12BrNO3/c1-2-3-8(11)12-5-6-4-7(9)10-13-6/h6H,2-5H2,1H3/t6-/m1/s1. The first-order valence-electron chi connectivity index (χ1n) is 4.26. The molecule has 0 N–H and O–H groups in total. The lowest BCUT2D eigenvalue weighted by Crippen LogP contribution is -2.18. The highest BCUT2D eigenvalue weighted by Crippen LogP contribution is 2.14. The first-order chi connectivity index (χ1) is 6.22. The Kier molecular flexibility index (Phi) is 4.21. The van der Waals surface area contributed by atoms with E-state index in [1.54, 1.807) is 0 Å². The summed E-state index contributed by atoms with van der Waals surface area (Å²) in [6.07, 6.45) is 1.84. The molecule has 0 spiro atoms. The van der Waals surface area contributed by atoms with Gasteiger partial charge in [0, 0.05) is 12.8 Å². The van der Waals surface area contributed by atoms with Gasteiger partial charge in [-0.3, -0.25) is 4.79 Å². The second-order valence-electron chi connectivity index (χ2n) is 2.83. The summed E-state index contributed by atoms with van der Waals surface area (Å²) in [5, 5.41) is 3.68. The third kappa shape index (κ3) is 3.76. The van der Waals surface area contributed by atoms with Crippen molar-refractivity contribution in [2.45, 2.75) is 32.3 Å². The number of esters is 1. The van der Waals surface area contributed by atoms with Crippen molar-refractivity contribution in [3.05, 3.63) is 0 Å². The molecule has 0 unspecified atom stereocenters. The molecule has 1 aliphatic rings. The van der Waals surface area contributed by atoms with E-state index in [-0.39, 0.29) is 18.7 Å². The Labute approximate surface area is 85.4 Å². The smallest absolute Gasteiger partial charge is 0.305 e. The van der Waals surface area contributed by atoms with E-state index in [0.717, 1.165) is 11.0 Å². The Morgan fingerprint density at radius 2 is 2.62 bits per heavy atom. The highest BCUT2D eigenvalue weighted by Gasteiger charge is 2.20. The van der Waals surface area contributed by atoms with Gasteiger partial charge in [-0.25, -0.2) is 0 Å². The minimum atomic E-state index is -0.172. The van der Waals surface area contributed by atoms with Crippen molar-refractivity contribution < 1.29 is 14.4 Å². The van der Waals surface area contributed by atoms with Crippen molar-refractivity contribution in [3.8, 4) is 0 Å². The summed E-state index contributed by atoms with van der Waals surface area (Å²) in [6.45, 7) is 2.23. The molecule has 5 heteroatoms. The third-order valence-electron chi connectivity index (χ3n) is 1.58. The van der Waals surface area contributed by atoms with E-state index in [9.17, 15) is 4.79 Å². The minimum absolute atomic E-state index is 0.116. The van der Waals surface area contributed by atoms with E-state index < -0.39 is 0 Å². The number of halogens is 1. The van der Waals surface area contributed by atoms with E-state index in [0.29, 0.717) is 12.8 Å². The van der Waals surface area contributed by atoms with Gasteiger partial charge in [0.05, 0.1) is 0 Å². The molecule has 0 radical (unpaired) electrons. The van der Waals surface area contributed by atoms with E-state index in [2.05, 4.69) is 21.1 Å². The normalized spacial score (nSPS) is 20.8. The number of hydrogen-bond donors (Lipinski definition) is 0. The van der Waals surface area contributed by atoms with Gasteiger partial charge in [-0.05, 0) is 22.4 Å². The summed E-state index contributed by atoms with van der Waals surface area (Å²) in [5.74, 6) is -0.172. The summed E-state index contributed by atoms with van der Waals surface area (Å²) in [5.41, 5.74) is 0. The number of rotatable bonds is 4. The van der Waals surface area contributed by atoms with Crippen LogP contribution in [-0.4, -0.2) is 23.3 Å². The Morgan fingerprint density at radius 3 is 3.15 bits per heavy atom. The molecule has 0 aromatic heterocycles. The number of hydrogen-bond acceptors (Lipinski definition) is 4. The van der Waals surface area contributed by atoms with Crippen LogP contribution >= 0.6 is 15.9 Å². The summed E-state index contributed by atoms with van der Waals surface area (Å²) >= 11 is 3.20. The quantitative estimate of drug-likeness (QED) is 0.715. The van der Waals surface area contributed by atoms with Crippen molar-refractivity contribution in [2.24, 2.45) is 5.16 Å². The van der Waals surface area contributed by atoms with E-state index >= 15 is 0 Å². The second-order valence-corrected chi connectivity index (χ2v) is 3.75. The first-order valence-corrected chi connectivity index (χ1v) is 5.05. The molecule has 0 fully saturated rings. The van der Waals surface area contributed by atoms with E-state index in [1.807, 2.05) is 6.92 Å². The molecule has 4 nitrogen and oxygen atoms in total. The van der Waals surface area contributed by atoms with Gasteiger partial charge in [-0.15, -0.1) is 0 Å². The van der Waals surface area contributed by atoms with Crippen molar-refractivity contribution in [2.75, 3.05) is 6.61 Å². The van der Waals surface area contributed by atoms with Gasteiger partial charge in [-0.1, -0.05) is 12.1 Å². The molecule has 13 heavy (non-hydrogen) atoms. The van der Waals surface area contributed by atoms with Crippen LogP contribution in [0.15, 0.2) is 5.16 Å². The molecule has 0 aromatic rings. The van der Waals surface area contributed by atoms with Gasteiger partial charge in [0.1, 0.15) is 11.2 Å². The Balaban J connectivity index is 2.10. The maximum atomic E-state index is 11.0. The third-order valence-corrected chi connectivity index (χ3v) is 2.05. The summed E-state index contributed by atoms with van der Waals surface area (Å²) in [4.78, 5) is 15.9. The molecular weight excluding hydrogens is 238 g/mol. The topological polar surface area (TPSA) is 47.9 Å². The fourth-order valence-electron chi connectivity index (χ4n) is 0.946. The predicted octanol–water partition coefficient (Wildman–Crippen LogP) is 1.83. The van der Waals surface area contributed by atoms with Gasteiger partial charge in [0.15, 0.2) is 6.10 Å². The van der Waals surface area contributed by atoms with Crippen LogP contribution in [0.2, 0.25) is 0 Å². The number of oxime groups is 1. The zero-order chi connectivity index (χ0) is 9.68. The van der Waals surface area contributed by atoms with Crippen molar-refractivity contribution in [3.63, 3.8) is 0 Å². The molecule has 0 saturated carbocycles. The van der Waals surface area contributed by atoms with Crippen LogP contribution in [0.4, 0.5) is 0 Å². The zero-order valence-electron chi connectivity index (χ0n) is 7.46. The molecular formula is C8H12BrNO3. The summed E-state index contributed by atoms with van der Waals surface area (Å²) < 4.78 is 5.72. The van der Waals surface area contributed by atoms with Crippen molar-refractivity contribution in [1.82, 2.24) is 0 Å². The molecule has 0 bridgehead atoms. The molecule has 0 aliphatic carbocycles. The Morgan fingerprint density at radius 1 is 1.85 bits per heavy atom. The average Bonchev–Trinajstić information content (AvgIpc) is 2.49. The van der Waals surface area contributed by atoms with Gasteiger partial charge in [-0.2, -0.15) is 0 Å². The lowest BCUT2D eigenvalue weighted by Gasteiger charge is -2.08. The van der Waals surface area contributed by atoms with Crippen molar-refractivity contribution in [1.29, 1.82) is 0 Å². The second kappa shape index (κ2) is 5.21. The molecule has 0 saturated heterocycles. The molecule has 1 aliphatic heterocycles. The summed E-state index contributed by atoms with van der Waals surface area (Å²) in [7, 11) is 0. The number of nitrogens with zero attached hydrogens (tertiary/aromatic N) is 1. The minimum Gasteiger partial charge on any atom is -0.462 e. The summed E-state index contributed by atoms with van der Waals surface area (Å²) in [6, 6.07) is 0. The Hall–Kier alpha value is -0.580. The van der Waals surface area contributed by atoms with Crippen LogP contribution in [0.3, 0.4) is 0 Å². The van der Waals surface area contributed by atoms with Crippen LogP contribution in [0.25, 0.3) is 0 Å². The maximum absolute atomic E-state index is 11.0. The lowest BCUT2D eigenvalue weighted by molar-refractivity contribution is -0.147. The molecule has 1 heterocycles. The predicted molar refractivity (Wildman–Crippen MR) is 51.7 cm³/mol. The van der Waals surface area contributed by atoms with Crippen LogP contribution in [-0.2, 0) is 14.4 Å². The first kappa shape index (κ1) is 10.5. The molecule has 1 rings (SSSR count). The van der Waals surface area contributed by atoms with E-state index in [1.165, 1.54) is 0 Å². The van der Waals surface area contributed by atoms with E-state index in [4.69, 9.17) is 9.57 Å². The fraction of sp³-hybridized carbons (Fsp3) is 0.750. The van der Waals surface area contributed by atoms with Crippen molar-refractivity contribution >= 4 is 26.5 Å². The number of carbonyl (C=O) groups is 1. The monoisotopic (exact) mass is 249 g/mol.